The lowest BCUT2D eigenvalue weighted by Crippen LogP contribution is -2.45. The molecular formula is C29H28Cl2F2N4O3S. The van der Waals surface area contributed by atoms with E-state index in [4.69, 9.17) is 27.9 Å². The number of thiazole rings is 1. The first-order chi connectivity index (χ1) is 19.3. The number of esters is 1. The molecule has 0 aliphatic carbocycles. The summed E-state index contributed by atoms with van der Waals surface area (Å²) in [5.41, 5.74) is -2.17. The highest BCUT2D eigenvalue weighted by Crippen LogP contribution is 2.52. The first-order valence-corrected chi connectivity index (χ1v) is 14.5. The molecule has 2 N–H and O–H groups in total. The molecule has 1 aliphatic rings. The maximum Gasteiger partial charge on any atom is 0.357 e. The van der Waals surface area contributed by atoms with Crippen LogP contribution in [0.4, 0.5) is 13.9 Å². The number of rotatable bonds is 7. The van der Waals surface area contributed by atoms with Crippen molar-refractivity contribution < 1.29 is 23.1 Å². The summed E-state index contributed by atoms with van der Waals surface area (Å²) in [6.45, 7) is 7.66. The van der Waals surface area contributed by atoms with Crippen molar-refractivity contribution in [1.82, 2.24) is 10.3 Å². The van der Waals surface area contributed by atoms with Gasteiger partial charge in [-0.2, -0.15) is 5.26 Å². The molecule has 1 aromatic heterocycles. The molecule has 4 unspecified atom stereocenters. The van der Waals surface area contributed by atoms with Crippen molar-refractivity contribution in [3.05, 3.63) is 80.3 Å². The van der Waals surface area contributed by atoms with Crippen LogP contribution < -0.4 is 10.6 Å². The van der Waals surface area contributed by atoms with Gasteiger partial charge < -0.3 is 15.4 Å². The van der Waals surface area contributed by atoms with E-state index in [1.165, 1.54) is 35.7 Å². The molecule has 0 radical (unpaired) electrons. The smallest absolute Gasteiger partial charge is 0.357 e. The van der Waals surface area contributed by atoms with Crippen LogP contribution >= 0.6 is 34.5 Å². The Morgan fingerprint density at radius 1 is 1.24 bits per heavy atom. The summed E-state index contributed by atoms with van der Waals surface area (Å²) in [6.07, 6.45) is 0.329. The number of nitrogens with zero attached hydrogens (tertiary/aromatic N) is 2. The van der Waals surface area contributed by atoms with Crippen LogP contribution in [0.1, 0.15) is 61.6 Å². The van der Waals surface area contributed by atoms with Crippen molar-refractivity contribution in [2.45, 2.75) is 57.5 Å². The van der Waals surface area contributed by atoms with Crippen molar-refractivity contribution in [1.29, 1.82) is 5.26 Å². The van der Waals surface area contributed by atoms with Crippen LogP contribution in [0.5, 0.6) is 0 Å². The second kappa shape index (κ2) is 12.0. The topological polar surface area (TPSA) is 104 Å². The summed E-state index contributed by atoms with van der Waals surface area (Å²) >= 11 is 13.2. The van der Waals surface area contributed by atoms with Gasteiger partial charge >= 0.3 is 5.97 Å². The van der Waals surface area contributed by atoms with E-state index in [2.05, 4.69) is 21.7 Å². The Kier molecular flexibility index (Phi) is 9.04. The SMILES string of the molecule is CCOC(=O)c1csc(NC(=O)C2NC(CC(C)(C)C)C(C#N)(c3ccc(Cl)cc3F)C2c2cccc(Cl)c2F)n1. The summed E-state index contributed by atoms with van der Waals surface area (Å²) in [4.78, 5) is 30.1. The molecule has 2 aromatic carbocycles. The highest BCUT2D eigenvalue weighted by Gasteiger charge is 2.61. The Morgan fingerprint density at radius 2 is 1.98 bits per heavy atom. The average molecular weight is 622 g/mol. The molecule has 1 amide bonds. The number of amides is 1. The van der Waals surface area contributed by atoms with Gasteiger partial charge in [-0.1, -0.05) is 62.2 Å². The third kappa shape index (κ3) is 6.09. The summed E-state index contributed by atoms with van der Waals surface area (Å²) in [7, 11) is 0. The van der Waals surface area contributed by atoms with E-state index >= 15 is 8.78 Å². The second-order valence-electron chi connectivity index (χ2n) is 10.9. The van der Waals surface area contributed by atoms with E-state index in [1.54, 1.807) is 6.92 Å². The first kappa shape index (κ1) is 30.8. The van der Waals surface area contributed by atoms with Crippen LogP contribution in [0.15, 0.2) is 41.8 Å². The lowest BCUT2D eigenvalue weighted by atomic mass is 9.62. The highest BCUT2D eigenvalue weighted by molar-refractivity contribution is 7.14. The predicted molar refractivity (Wildman–Crippen MR) is 154 cm³/mol. The quantitative estimate of drug-likeness (QED) is 0.279. The summed E-state index contributed by atoms with van der Waals surface area (Å²) in [6, 6.07) is 8.54. The van der Waals surface area contributed by atoms with Gasteiger partial charge in [0.1, 0.15) is 17.0 Å². The molecular weight excluding hydrogens is 593 g/mol. The van der Waals surface area contributed by atoms with Crippen molar-refractivity contribution in [2.75, 3.05) is 11.9 Å². The molecule has 1 fully saturated rings. The van der Waals surface area contributed by atoms with Gasteiger partial charge in [-0.3, -0.25) is 4.79 Å². The number of nitrogens with one attached hydrogen (secondary N) is 2. The van der Waals surface area contributed by atoms with Crippen LogP contribution in [0, 0.1) is 28.4 Å². The molecule has 0 spiro atoms. The molecule has 4 rings (SSSR count). The monoisotopic (exact) mass is 620 g/mol. The summed E-state index contributed by atoms with van der Waals surface area (Å²) in [5.74, 6) is -4.09. The number of halogens is 4. The number of carbonyl (C=O) groups excluding carboxylic acids is 2. The number of aromatic nitrogens is 1. The average Bonchev–Trinajstić information content (AvgIpc) is 3.48. The third-order valence-electron chi connectivity index (χ3n) is 6.95. The van der Waals surface area contributed by atoms with Gasteiger partial charge in [0, 0.05) is 27.9 Å². The number of benzene rings is 2. The molecule has 216 valence electrons. The minimum absolute atomic E-state index is 0.0178. The number of hydrogen-bond donors (Lipinski definition) is 2. The van der Waals surface area contributed by atoms with Gasteiger partial charge in [-0.15, -0.1) is 11.3 Å². The van der Waals surface area contributed by atoms with Crippen molar-refractivity contribution in [3.8, 4) is 6.07 Å². The van der Waals surface area contributed by atoms with Gasteiger partial charge in [-0.25, -0.2) is 18.6 Å². The lowest BCUT2D eigenvalue weighted by Gasteiger charge is -2.37. The van der Waals surface area contributed by atoms with E-state index in [0.29, 0.717) is 6.42 Å². The van der Waals surface area contributed by atoms with Crippen LogP contribution in [-0.4, -0.2) is 35.6 Å². The molecule has 2 heterocycles. The zero-order chi connectivity index (χ0) is 30.1. The molecule has 1 aliphatic heterocycles. The number of nitriles is 1. The molecule has 0 bridgehead atoms. The molecule has 4 atom stereocenters. The van der Waals surface area contributed by atoms with Crippen molar-refractivity contribution in [2.24, 2.45) is 5.41 Å². The van der Waals surface area contributed by atoms with Crippen LogP contribution in [0.2, 0.25) is 10.0 Å². The van der Waals surface area contributed by atoms with Crippen molar-refractivity contribution >= 4 is 51.5 Å². The van der Waals surface area contributed by atoms with Gasteiger partial charge in [0.05, 0.1) is 23.7 Å². The molecule has 41 heavy (non-hydrogen) atoms. The predicted octanol–water partition coefficient (Wildman–Crippen LogP) is 6.87. The van der Waals surface area contributed by atoms with E-state index in [1.807, 2.05) is 20.8 Å². The largest absolute Gasteiger partial charge is 0.461 e. The minimum Gasteiger partial charge on any atom is -0.461 e. The van der Waals surface area contributed by atoms with Gasteiger partial charge in [0.2, 0.25) is 5.91 Å². The van der Waals surface area contributed by atoms with Crippen molar-refractivity contribution in [3.63, 3.8) is 0 Å². The molecule has 12 heteroatoms. The number of ether oxygens (including phenoxy) is 1. The van der Waals surface area contributed by atoms with E-state index < -0.39 is 46.9 Å². The Labute approximate surface area is 250 Å². The molecule has 3 aromatic rings. The van der Waals surface area contributed by atoms with Crippen LogP contribution in [-0.2, 0) is 14.9 Å². The summed E-state index contributed by atoms with van der Waals surface area (Å²) in [5, 5.41) is 18.3. The van der Waals surface area contributed by atoms with Crippen LogP contribution in [0.25, 0.3) is 0 Å². The maximum absolute atomic E-state index is 15.7. The fourth-order valence-electron chi connectivity index (χ4n) is 5.37. The standard InChI is InChI=1S/C29H28Cl2F2N4O3S/c1-5-40-26(39)20-13-41-27(35-20)37-25(38)24-22(16-7-6-8-18(31)23(16)33)29(14-34,21(36-24)12-28(2,3)4)17-10-9-15(30)11-19(17)32/h6-11,13,21-22,24,36H,5,12H2,1-4H3,(H,35,37,38). The van der Waals surface area contributed by atoms with Gasteiger partial charge in [-0.05, 0) is 42.5 Å². The summed E-state index contributed by atoms with van der Waals surface area (Å²) < 4.78 is 36.4. The molecule has 7 nitrogen and oxygen atoms in total. The fourth-order valence-corrected chi connectivity index (χ4v) is 6.39. The molecule has 0 saturated carbocycles. The Hall–Kier alpha value is -3.10. The van der Waals surface area contributed by atoms with E-state index in [9.17, 15) is 14.9 Å². The Morgan fingerprint density at radius 3 is 2.61 bits per heavy atom. The maximum atomic E-state index is 15.7. The molecule has 1 saturated heterocycles. The van der Waals surface area contributed by atoms with E-state index in [-0.39, 0.29) is 44.0 Å². The Bertz CT molecular complexity index is 1520. The number of anilines is 1. The number of carbonyl (C=O) groups is 2. The zero-order valence-corrected chi connectivity index (χ0v) is 25.1. The van der Waals surface area contributed by atoms with Gasteiger partial charge in [0.25, 0.3) is 0 Å². The second-order valence-corrected chi connectivity index (χ2v) is 12.6. The van der Waals surface area contributed by atoms with Gasteiger partial charge in [0.15, 0.2) is 10.8 Å². The zero-order valence-electron chi connectivity index (χ0n) is 22.7. The lowest BCUT2D eigenvalue weighted by molar-refractivity contribution is -0.118. The third-order valence-corrected chi connectivity index (χ3v) is 8.24. The fraction of sp³-hybridized carbons (Fsp3) is 0.379. The first-order valence-electron chi connectivity index (χ1n) is 12.8. The Balaban J connectivity index is 1.89. The van der Waals surface area contributed by atoms with Crippen LogP contribution in [0.3, 0.4) is 0 Å². The normalized spacial score (nSPS) is 22.3. The highest BCUT2D eigenvalue weighted by atomic mass is 35.5. The number of hydrogen-bond acceptors (Lipinski definition) is 7. The van der Waals surface area contributed by atoms with E-state index in [0.717, 1.165) is 17.4 Å². The minimum atomic E-state index is -1.76.